The summed E-state index contributed by atoms with van der Waals surface area (Å²) >= 11 is 0. The van der Waals surface area contributed by atoms with E-state index in [-0.39, 0.29) is 11.7 Å². The van der Waals surface area contributed by atoms with E-state index < -0.39 is 5.60 Å². The maximum atomic E-state index is 14.3. The van der Waals surface area contributed by atoms with Gasteiger partial charge in [-0.1, -0.05) is 6.92 Å². The van der Waals surface area contributed by atoms with Crippen LogP contribution in [0.2, 0.25) is 0 Å². The highest BCUT2D eigenvalue weighted by molar-refractivity contribution is 5.78. The Kier molecular flexibility index (Phi) is 4.69. The number of halogens is 1. The first-order valence-electron chi connectivity index (χ1n) is 8.37. The van der Waals surface area contributed by atoms with Gasteiger partial charge in [-0.05, 0) is 25.8 Å². The van der Waals surface area contributed by atoms with E-state index in [0.29, 0.717) is 42.0 Å². The minimum Gasteiger partial charge on any atom is -0.481 e. The summed E-state index contributed by atoms with van der Waals surface area (Å²) in [6, 6.07) is 3.51. The number of likely N-dealkylation sites (tertiary alicyclic amines) is 1. The van der Waals surface area contributed by atoms with E-state index in [2.05, 4.69) is 21.8 Å². The Hall–Kier alpha value is -1.79. The third kappa shape index (κ3) is 3.21. The molecule has 0 saturated carbocycles. The fourth-order valence-corrected chi connectivity index (χ4v) is 3.59. The quantitative estimate of drug-likeness (QED) is 0.910. The van der Waals surface area contributed by atoms with Gasteiger partial charge in [0, 0.05) is 37.2 Å². The van der Waals surface area contributed by atoms with E-state index >= 15 is 0 Å². The normalized spacial score (nSPS) is 24.6. The van der Waals surface area contributed by atoms with Crippen LogP contribution in [0.1, 0.15) is 25.8 Å². The summed E-state index contributed by atoms with van der Waals surface area (Å²) in [6.45, 7) is 6.12. The van der Waals surface area contributed by atoms with Gasteiger partial charge in [-0.2, -0.15) is 0 Å². The number of methoxy groups -OCH3 is 1. The summed E-state index contributed by atoms with van der Waals surface area (Å²) in [4.78, 5) is 10.7. The van der Waals surface area contributed by atoms with Crippen molar-refractivity contribution in [3.05, 3.63) is 29.7 Å². The lowest BCUT2D eigenvalue weighted by Gasteiger charge is -2.22. The van der Waals surface area contributed by atoms with Crippen LogP contribution in [-0.2, 0) is 6.42 Å². The lowest BCUT2D eigenvalue weighted by atomic mass is 9.91. The van der Waals surface area contributed by atoms with Gasteiger partial charge >= 0.3 is 0 Å². The number of aliphatic hydroxyl groups is 1. The minimum atomic E-state index is -0.672. The fourth-order valence-electron chi connectivity index (χ4n) is 3.59. The molecule has 1 fully saturated rings. The first-order valence-corrected chi connectivity index (χ1v) is 8.37. The number of β-amino-alcohol motifs (C(OH)–C–C–N with tert-alkyl or cyclic N) is 1. The van der Waals surface area contributed by atoms with E-state index in [1.54, 1.807) is 12.1 Å². The first-order chi connectivity index (χ1) is 11.4. The number of hydrogen-bond donors (Lipinski definition) is 1. The van der Waals surface area contributed by atoms with Crippen LogP contribution in [-0.4, -0.2) is 52.3 Å². The topological polar surface area (TPSA) is 58.5 Å². The van der Waals surface area contributed by atoms with Crippen LogP contribution >= 0.6 is 0 Å². The van der Waals surface area contributed by atoms with Gasteiger partial charge in [-0.15, -0.1) is 0 Å². The number of aromatic nitrogens is 2. The first kappa shape index (κ1) is 17.0. The van der Waals surface area contributed by atoms with Crippen LogP contribution in [0.15, 0.2) is 18.3 Å². The number of nitrogens with zero attached hydrogens (tertiary/aromatic N) is 3. The molecule has 1 N–H and O–H groups in total. The summed E-state index contributed by atoms with van der Waals surface area (Å²) in [5.74, 6) is 0.363. The van der Waals surface area contributed by atoms with Gasteiger partial charge < -0.3 is 9.84 Å². The van der Waals surface area contributed by atoms with Crippen molar-refractivity contribution in [1.29, 1.82) is 0 Å². The minimum absolute atomic E-state index is 0.259. The van der Waals surface area contributed by atoms with Crippen LogP contribution in [0.3, 0.4) is 0 Å². The molecule has 130 valence electrons. The summed E-state index contributed by atoms with van der Waals surface area (Å²) in [5, 5.41) is 10.5. The molecule has 0 aromatic carbocycles. The van der Waals surface area contributed by atoms with Crippen LogP contribution in [0.25, 0.3) is 11.0 Å². The standard InChI is InChI=1S/C18H24FN3O2/c1-4-12-10-22(11-18(12,2)23)8-7-13-14(19)9-20-15-5-6-16(24-3)21-17(13)15/h5-6,9,12,23H,4,7-8,10-11H2,1-3H3. The second-order valence-corrected chi connectivity index (χ2v) is 6.75. The Morgan fingerprint density at radius 3 is 2.92 bits per heavy atom. The molecule has 3 heterocycles. The molecule has 2 aromatic heterocycles. The molecule has 6 heteroatoms. The zero-order chi connectivity index (χ0) is 17.3. The molecule has 5 nitrogen and oxygen atoms in total. The van der Waals surface area contributed by atoms with Gasteiger partial charge in [0.1, 0.15) is 5.82 Å². The van der Waals surface area contributed by atoms with E-state index in [1.807, 2.05) is 6.92 Å². The lowest BCUT2D eigenvalue weighted by Crippen LogP contribution is -2.34. The van der Waals surface area contributed by atoms with Crippen molar-refractivity contribution >= 4 is 11.0 Å². The van der Waals surface area contributed by atoms with E-state index in [4.69, 9.17) is 4.74 Å². The zero-order valence-electron chi connectivity index (χ0n) is 14.4. The van der Waals surface area contributed by atoms with Crippen molar-refractivity contribution in [2.24, 2.45) is 5.92 Å². The van der Waals surface area contributed by atoms with Crippen molar-refractivity contribution in [2.45, 2.75) is 32.3 Å². The molecule has 0 aliphatic carbocycles. The van der Waals surface area contributed by atoms with Crippen LogP contribution < -0.4 is 4.74 Å². The molecule has 0 spiro atoms. The largest absolute Gasteiger partial charge is 0.481 e. The number of pyridine rings is 2. The maximum absolute atomic E-state index is 14.3. The molecule has 3 rings (SSSR count). The predicted octanol–water partition coefficient (Wildman–Crippen LogP) is 2.41. The van der Waals surface area contributed by atoms with E-state index in [0.717, 1.165) is 13.0 Å². The van der Waals surface area contributed by atoms with Gasteiger partial charge in [-0.25, -0.2) is 9.37 Å². The fraction of sp³-hybridized carbons (Fsp3) is 0.556. The average molecular weight is 333 g/mol. The Balaban J connectivity index is 1.81. The Labute approximate surface area is 141 Å². The molecule has 1 aliphatic rings. The molecule has 1 saturated heterocycles. The van der Waals surface area contributed by atoms with Crippen LogP contribution in [0.4, 0.5) is 4.39 Å². The molecular formula is C18H24FN3O2. The SMILES string of the molecule is CCC1CN(CCc2c(F)cnc3ccc(OC)nc23)CC1(C)O. The van der Waals surface area contributed by atoms with Crippen molar-refractivity contribution in [3.63, 3.8) is 0 Å². The predicted molar refractivity (Wildman–Crippen MR) is 90.6 cm³/mol. The molecule has 2 unspecified atom stereocenters. The molecule has 0 bridgehead atoms. The zero-order valence-corrected chi connectivity index (χ0v) is 14.4. The summed E-state index contributed by atoms with van der Waals surface area (Å²) in [6.07, 6.45) is 2.72. The lowest BCUT2D eigenvalue weighted by molar-refractivity contribution is 0.0295. The van der Waals surface area contributed by atoms with Gasteiger partial charge in [0.15, 0.2) is 0 Å². The molecule has 2 aromatic rings. The monoisotopic (exact) mass is 333 g/mol. The number of fused-ring (bicyclic) bond motifs is 1. The van der Waals surface area contributed by atoms with Crippen LogP contribution in [0, 0.1) is 11.7 Å². The summed E-state index contributed by atoms with van der Waals surface area (Å²) in [5.41, 5.74) is 1.09. The third-order valence-corrected chi connectivity index (χ3v) is 5.02. The molecular weight excluding hydrogens is 309 g/mol. The van der Waals surface area contributed by atoms with E-state index in [9.17, 15) is 9.50 Å². The average Bonchev–Trinajstić information content (AvgIpc) is 2.87. The van der Waals surface area contributed by atoms with Gasteiger partial charge in [0.05, 0.1) is 29.9 Å². The van der Waals surface area contributed by atoms with Crippen molar-refractivity contribution in [2.75, 3.05) is 26.7 Å². The van der Waals surface area contributed by atoms with Gasteiger partial charge in [0.25, 0.3) is 0 Å². The molecule has 2 atom stereocenters. The highest BCUT2D eigenvalue weighted by Gasteiger charge is 2.39. The highest BCUT2D eigenvalue weighted by Crippen LogP contribution is 2.30. The Bertz CT molecular complexity index is 736. The highest BCUT2D eigenvalue weighted by atomic mass is 19.1. The third-order valence-electron chi connectivity index (χ3n) is 5.02. The molecule has 1 aliphatic heterocycles. The Morgan fingerprint density at radius 2 is 2.25 bits per heavy atom. The number of rotatable bonds is 5. The van der Waals surface area contributed by atoms with Gasteiger partial charge in [-0.3, -0.25) is 9.88 Å². The molecule has 24 heavy (non-hydrogen) atoms. The van der Waals surface area contributed by atoms with Crippen molar-refractivity contribution in [1.82, 2.24) is 14.9 Å². The Morgan fingerprint density at radius 1 is 1.46 bits per heavy atom. The van der Waals surface area contributed by atoms with Gasteiger partial charge in [0.2, 0.25) is 5.88 Å². The van der Waals surface area contributed by atoms with Crippen LogP contribution in [0.5, 0.6) is 5.88 Å². The molecule has 0 radical (unpaired) electrons. The second-order valence-electron chi connectivity index (χ2n) is 6.75. The van der Waals surface area contributed by atoms with E-state index in [1.165, 1.54) is 13.3 Å². The summed E-state index contributed by atoms with van der Waals surface area (Å²) < 4.78 is 19.5. The maximum Gasteiger partial charge on any atom is 0.213 e. The number of ether oxygens (including phenoxy) is 1. The second kappa shape index (κ2) is 6.61. The molecule has 0 amide bonds. The smallest absolute Gasteiger partial charge is 0.213 e. The number of hydrogen-bond acceptors (Lipinski definition) is 5. The van der Waals surface area contributed by atoms with Crippen molar-refractivity contribution in [3.8, 4) is 5.88 Å². The summed E-state index contributed by atoms with van der Waals surface area (Å²) in [7, 11) is 1.54. The van der Waals surface area contributed by atoms with Crippen molar-refractivity contribution < 1.29 is 14.2 Å².